The van der Waals surface area contributed by atoms with E-state index < -0.39 is 11.6 Å². The molecule has 0 heterocycles. The number of rotatable bonds is 4. The van der Waals surface area contributed by atoms with Crippen LogP contribution in [0.5, 0.6) is 0 Å². The number of hydrogen-bond donors (Lipinski definition) is 1. The Morgan fingerprint density at radius 3 is 2.32 bits per heavy atom. The van der Waals surface area contributed by atoms with Crippen LogP contribution >= 0.6 is 0 Å². The molecule has 1 unspecified atom stereocenters. The van der Waals surface area contributed by atoms with Crippen LogP contribution in [0.3, 0.4) is 0 Å². The molecule has 2 N–H and O–H groups in total. The van der Waals surface area contributed by atoms with Gasteiger partial charge < -0.3 is 5.73 Å². The molecule has 0 aliphatic carbocycles. The average Bonchev–Trinajstić information content (AvgIpc) is 2.37. The molecule has 3 heteroatoms. The highest BCUT2D eigenvalue weighted by atomic mass is 19.1. The summed E-state index contributed by atoms with van der Waals surface area (Å²) in [6.45, 7) is 2.08. The third-order valence-corrected chi connectivity index (χ3v) is 3.17. The minimum absolute atomic E-state index is 0.257. The van der Waals surface area contributed by atoms with Crippen molar-refractivity contribution in [3.63, 3.8) is 0 Å². The third-order valence-electron chi connectivity index (χ3n) is 3.17. The molecule has 0 aliphatic heterocycles. The van der Waals surface area contributed by atoms with Crippen LogP contribution in [-0.4, -0.2) is 0 Å². The first-order chi connectivity index (χ1) is 9.08. The molecule has 0 bridgehead atoms. The van der Waals surface area contributed by atoms with Crippen molar-refractivity contribution < 1.29 is 8.78 Å². The molecule has 2 aromatic rings. The van der Waals surface area contributed by atoms with Gasteiger partial charge in [-0.2, -0.15) is 0 Å². The standard InChI is InChI=1S/C16H17F2N/c1-2-11-4-3-5-13(6-11)16(19)9-12-7-14(17)10-15(18)8-12/h3-8,10,16H,2,9,19H2,1H3. The predicted molar refractivity (Wildman–Crippen MR) is 72.8 cm³/mol. The Hall–Kier alpha value is -1.74. The second-order valence-electron chi connectivity index (χ2n) is 4.69. The van der Waals surface area contributed by atoms with Crippen molar-refractivity contribution in [2.24, 2.45) is 5.73 Å². The van der Waals surface area contributed by atoms with Crippen LogP contribution in [0.1, 0.15) is 29.7 Å². The fourth-order valence-corrected chi connectivity index (χ4v) is 2.14. The summed E-state index contributed by atoms with van der Waals surface area (Å²) in [4.78, 5) is 0. The summed E-state index contributed by atoms with van der Waals surface area (Å²) in [6, 6.07) is 11.2. The maximum absolute atomic E-state index is 13.1. The van der Waals surface area contributed by atoms with E-state index in [9.17, 15) is 8.78 Å². The summed E-state index contributed by atoms with van der Waals surface area (Å²) in [7, 11) is 0. The lowest BCUT2D eigenvalue weighted by molar-refractivity contribution is 0.576. The van der Waals surface area contributed by atoms with Crippen LogP contribution in [0.2, 0.25) is 0 Å². The average molecular weight is 261 g/mol. The third kappa shape index (κ3) is 3.61. The smallest absolute Gasteiger partial charge is 0.126 e. The molecule has 1 atom stereocenters. The van der Waals surface area contributed by atoms with Crippen molar-refractivity contribution in [1.82, 2.24) is 0 Å². The van der Waals surface area contributed by atoms with Crippen molar-refractivity contribution in [2.45, 2.75) is 25.8 Å². The number of benzene rings is 2. The van der Waals surface area contributed by atoms with Gasteiger partial charge in [-0.3, -0.25) is 0 Å². The zero-order valence-electron chi connectivity index (χ0n) is 10.9. The first-order valence-corrected chi connectivity index (χ1v) is 6.38. The van der Waals surface area contributed by atoms with Crippen LogP contribution in [0.4, 0.5) is 8.78 Å². The second kappa shape index (κ2) is 5.93. The number of hydrogen-bond acceptors (Lipinski definition) is 1. The van der Waals surface area contributed by atoms with Gasteiger partial charge in [0.2, 0.25) is 0 Å². The Balaban J connectivity index is 2.17. The van der Waals surface area contributed by atoms with Crippen molar-refractivity contribution in [3.05, 3.63) is 70.8 Å². The highest BCUT2D eigenvalue weighted by Gasteiger charge is 2.09. The van der Waals surface area contributed by atoms with Gasteiger partial charge in [0, 0.05) is 12.1 Å². The largest absolute Gasteiger partial charge is 0.324 e. The molecule has 0 saturated heterocycles. The van der Waals surface area contributed by atoms with Crippen LogP contribution < -0.4 is 5.73 Å². The molecule has 0 aromatic heterocycles. The second-order valence-corrected chi connectivity index (χ2v) is 4.69. The maximum atomic E-state index is 13.1. The summed E-state index contributed by atoms with van der Waals surface area (Å²) >= 11 is 0. The van der Waals surface area contributed by atoms with Gasteiger partial charge in [-0.05, 0) is 41.7 Å². The molecule has 1 nitrogen and oxygen atoms in total. The normalized spacial score (nSPS) is 12.4. The van der Waals surface area contributed by atoms with Crippen LogP contribution in [0.25, 0.3) is 0 Å². The maximum Gasteiger partial charge on any atom is 0.126 e. The molecule has 0 fully saturated rings. The Labute approximate surface area is 112 Å². The molecule has 2 aromatic carbocycles. The molecule has 0 radical (unpaired) electrons. The van der Waals surface area contributed by atoms with Crippen molar-refractivity contribution >= 4 is 0 Å². The molecular weight excluding hydrogens is 244 g/mol. The van der Waals surface area contributed by atoms with Crippen molar-refractivity contribution in [1.29, 1.82) is 0 Å². The molecule has 2 rings (SSSR count). The van der Waals surface area contributed by atoms with E-state index in [0.29, 0.717) is 12.0 Å². The van der Waals surface area contributed by atoms with Gasteiger partial charge in [0.05, 0.1) is 0 Å². The lowest BCUT2D eigenvalue weighted by Gasteiger charge is -2.13. The molecule has 0 spiro atoms. The Morgan fingerprint density at radius 2 is 1.68 bits per heavy atom. The predicted octanol–water partition coefficient (Wildman–Crippen LogP) is 3.77. The number of aryl methyl sites for hydroxylation is 1. The summed E-state index contributed by atoms with van der Waals surface area (Å²) in [5, 5.41) is 0. The fraction of sp³-hybridized carbons (Fsp3) is 0.250. The van der Waals surface area contributed by atoms with E-state index >= 15 is 0 Å². The first kappa shape index (κ1) is 13.7. The van der Waals surface area contributed by atoms with E-state index in [1.165, 1.54) is 17.7 Å². The lowest BCUT2D eigenvalue weighted by Crippen LogP contribution is -2.13. The highest BCUT2D eigenvalue weighted by molar-refractivity contribution is 5.28. The Kier molecular flexibility index (Phi) is 4.27. The summed E-state index contributed by atoms with van der Waals surface area (Å²) < 4.78 is 26.2. The summed E-state index contributed by atoms with van der Waals surface area (Å²) in [5.41, 5.74) is 8.88. The lowest BCUT2D eigenvalue weighted by atomic mass is 9.97. The van der Waals surface area contributed by atoms with E-state index in [2.05, 4.69) is 6.92 Å². The summed E-state index contributed by atoms with van der Waals surface area (Å²) in [6.07, 6.45) is 1.36. The van der Waals surface area contributed by atoms with E-state index in [1.54, 1.807) is 0 Å². The quantitative estimate of drug-likeness (QED) is 0.890. The molecular formula is C16H17F2N. The van der Waals surface area contributed by atoms with Gasteiger partial charge in [-0.1, -0.05) is 31.2 Å². The zero-order valence-corrected chi connectivity index (χ0v) is 10.9. The number of halogens is 2. The van der Waals surface area contributed by atoms with Gasteiger partial charge in [-0.15, -0.1) is 0 Å². The van der Waals surface area contributed by atoms with E-state index in [1.807, 2.05) is 24.3 Å². The van der Waals surface area contributed by atoms with E-state index in [0.717, 1.165) is 18.1 Å². The topological polar surface area (TPSA) is 26.0 Å². The first-order valence-electron chi connectivity index (χ1n) is 6.38. The van der Waals surface area contributed by atoms with Gasteiger partial charge in [0.15, 0.2) is 0 Å². The Morgan fingerprint density at radius 1 is 1.00 bits per heavy atom. The summed E-state index contributed by atoms with van der Waals surface area (Å²) in [5.74, 6) is -1.13. The van der Waals surface area contributed by atoms with Gasteiger partial charge in [0.1, 0.15) is 11.6 Å². The fourth-order valence-electron chi connectivity index (χ4n) is 2.14. The van der Waals surface area contributed by atoms with Gasteiger partial charge in [0.25, 0.3) is 0 Å². The van der Waals surface area contributed by atoms with Crippen LogP contribution in [-0.2, 0) is 12.8 Å². The molecule has 100 valence electrons. The molecule has 0 aliphatic rings. The van der Waals surface area contributed by atoms with Crippen LogP contribution in [0.15, 0.2) is 42.5 Å². The monoisotopic (exact) mass is 261 g/mol. The van der Waals surface area contributed by atoms with E-state index in [4.69, 9.17) is 5.73 Å². The van der Waals surface area contributed by atoms with Crippen molar-refractivity contribution in [2.75, 3.05) is 0 Å². The Bertz CT molecular complexity index is 546. The zero-order chi connectivity index (χ0) is 13.8. The van der Waals surface area contributed by atoms with Gasteiger partial charge >= 0.3 is 0 Å². The molecule has 0 saturated carbocycles. The van der Waals surface area contributed by atoms with Crippen molar-refractivity contribution in [3.8, 4) is 0 Å². The molecule has 19 heavy (non-hydrogen) atoms. The minimum atomic E-state index is -0.565. The number of nitrogens with two attached hydrogens (primary N) is 1. The van der Waals surface area contributed by atoms with E-state index in [-0.39, 0.29) is 6.04 Å². The minimum Gasteiger partial charge on any atom is -0.324 e. The highest BCUT2D eigenvalue weighted by Crippen LogP contribution is 2.19. The van der Waals surface area contributed by atoms with Gasteiger partial charge in [-0.25, -0.2) is 8.78 Å². The molecule has 0 amide bonds. The van der Waals surface area contributed by atoms with Crippen LogP contribution in [0, 0.1) is 11.6 Å². The SMILES string of the molecule is CCc1cccc(C(N)Cc2cc(F)cc(F)c2)c1.